The average molecular weight is 369 g/mol. The topological polar surface area (TPSA) is 49.4 Å². The van der Waals surface area contributed by atoms with Crippen LogP contribution in [0.25, 0.3) is 6.08 Å². The predicted molar refractivity (Wildman–Crippen MR) is 105 cm³/mol. The van der Waals surface area contributed by atoms with Gasteiger partial charge in [-0.05, 0) is 34.6 Å². The van der Waals surface area contributed by atoms with Crippen LogP contribution in [-0.2, 0) is 9.59 Å². The van der Waals surface area contributed by atoms with Crippen LogP contribution in [0.1, 0.15) is 55.3 Å². The lowest BCUT2D eigenvalue weighted by molar-refractivity contribution is -0.130. The molecule has 136 valence electrons. The van der Waals surface area contributed by atoms with E-state index in [-0.39, 0.29) is 30.3 Å². The van der Waals surface area contributed by atoms with Gasteiger partial charge in [0, 0.05) is 18.0 Å². The Bertz CT molecular complexity index is 811. The van der Waals surface area contributed by atoms with Crippen LogP contribution in [0.3, 0.4) is 0 Å². The number of nitrogens with one attached hydrogen (secondary N) is 1. The number of carbonyl (C=O) groups excluding carboxylic acids is 2. The highest BCUT2D eigenvalue weighted by Crippen LogP contribution is 2.33. The number of hydrogen-bond donors (Lipinski definition) is 1. The van der Waals surface area contributed by atoms with Crippen molar-refractivity contribution >= 4 is 29.2 Å². The van der Waals surface area contributed by atoms with Crippen molar-refractivity contribution < 1.29 is 9.59 Å². The molecule has 1 N–H and O–H groups in total. The molecule has 4 nitrogen and oxygen atoms in total. The second-order valence-corrected chi connectivity index (χ2v) is 7.87. The first-order valence-corrected chi connectivity index (χ1v) is 9.74. The van der Waals surface area contributed by atoms with Crippen LogP contribution in [0, 0.1) is 5.92 Å². The van der Waals surface area contributed by atoms with Crippen LogP contribution in [-0.4, -0.2) is 16.7 Å². The molecule has 1 aliphatic heterocycles. The first-order chi connectivity index (χ1) is 12.5. The lowest BCUT2D eigenvalue weighted by Gasteiger charge is -2.33. The maximum absolute atomic E-state index is 12.8. The van der Waals surface area contributed by atoms with Crippen LogP contribution in [0.4, 0.5) is 0 Å². The molecule has 1 aromatic carbocycles. The van der Waals surface area contributed by atoms with E-state index in [1.165, 1.54) is 6.92 Å². The molecule has 0 unspecified atom stereocenters. The zero-order chi connectivity index (χ0) is 18.7. The molecule has 2 heterocycles. The number of carbonyl (C=O) groups is 2. The molecular formula is C21H24N2O2S. The number of amides is 2. The number of fused-ring (bicyclic) bond motifs is 1. The van der Waals surface area contributed by atoms with E-state index >= 15 is 0 Å². The molecule has 1 aliphatic rings. The summed E-state index contributed by atoms with van der Waals surface area (Å²) < 4.78 is 0. The van der Waals surface area contributed by atoms with Gasteiger partial charge in [0.1, 0.15) is 0 Å². The Labute approximate surface area is 158 Å². The van der Waals surface area contributed by atoms with Crippen molar-refractivity contribution in [2.75, 3.05) is 0 Å². The number of rotatable bonds is 5. The van der Waals surface area contributed by atoms with Gasteiger partial charge in [-0.3, -0.25) is 9.59 Å². The van der Waals surface area contributed by atoms with Crippen LogP contribution in [0.15, 0.2) is 48.0 Å². The lowest BCUT2D eigenvalue weighted by Crippen LogP contribution is -2.37. The highest BCUT2D eigenvalue weighted by Gasteiger charge is 2.29. The van der Waals surface area contributed by atoms with Crippen molar-refractivity contribution in [3.63, 3.8) is 0 Å². The molecule has 0 saturated heterocycles. The smallest absolute Gasteiger partial charge is 0.223 e. The van der Waals surface area contributed by atoms with E-state index in [9.17, 15) is 9.59 Å². The third kappa shape index (κ3) is 3.88. The van der Waals surface area contributed by atoms with Crippen LogP contribution in [0.5, 0.6) is 0 Å². The molecule has 0 radical (unpaired) electrons. The van der Waals surface area contributed by atoms with Crippen molar-refractivity contribution in [2.24, 2.45) is 5.92 Å². The summed E-state index contributed by atoms with van der Waals surface area (Å²) in [5.74, 6) is 0.186. The summed E-state index contributed by atoms with van der Waals surface area (Å²) in [6, 6.07) is 11.7. The van der Waals surface area contributed by atoms with Gasteiger partial charge in [0.2, 0.25) is 11.8 Å². The monoisotopic (exact) mass is 368 g/mol. The minimum atomic E-state index is -0.273. The van der Waals surface area contributed by atoms with E-state index in [0.717, 1.165) is 16.0 Å². The zero-order valence-corrected chi connectivity index (χ0v) is 16.1. The lowest BCUT2D eigenvalue weighted by atomic mass is 9.93. The molecule has 2 amide bonds. The van der Waals surface area contributed by atoms with Crippen molar-refractivity contribution in [3.8, 4) is 0 Å². The van der Waals surface area contributed by atoms with Gasteiger partial charge in [-0.25, -0.2) is 0 Å². The second kappa shape index (κ2) is 7.87. The maximum atomic E-state index is 12.8. The van der Waals surface area contributed by atoms with Crippen molar-refractivity contribution in [2.45, 2.75) is 39.3 Å². The first-order valence-electron chi connectivity index (χ1n) is 8.86. The molecule has 3 rings (SSSR count). The van der Waals surface area contributed by atoms with Crippen molar-refractivity contribution in [1.29, 1.82) is 0 Å². The molecule has 0 bridgehead atoms. The van der Waals surface area contributed by atoms with E-state index in [1.807, 2.05) is 41.8 Å². The van der Waals surface area contributed by atoms with E-state index in [4.69, 9.17) is 0 Å². The number of nitrogens with zero attached hydrogens (tertiary/aromatic N) is 1. The molecule has 5 heteroatoms. The molecular weight excluding hydrogens is 344 g/mol. The highest BCUT2D eigenvalue weighted by atomic mass is 32.1. The molecule has 0 saturated carbocycles. The molecule has 2 aromatic rings. The summed E-state index contributed by atoms with van der Waals surface area (Å²) in [6.45, 7) is 5.74. The standard InChI is InChI=1S/C21H24N2O2S/c1-14(2)21(19-9-6-12-26-19)22-20(25)13-18-17-8-5-4-7-16(17)10-11-23(18)15(3)24/h4-12,14,18,21H,13H2,1-3H3,(H,22,25)/t18-,21-/m1/s1. The Hall–Kier alpha value is -2.40. The van der Waals surface area contributed by atoms with Gasteiger partial charge < -0.3 is 10.2 Å². The predicted octanol–water partition coefficient (Wildman–Crippen LogP) is 4.53. The summed E-state index contributed by atoms with van der Waals surface area (Å²) in [5.41, 5.74) is 2.07. The molecule has 26 heavy (non-hydrogen) atoms. The third-order valence-electron chi connectivity index (χ3n) is 4.68. The maximum Gasteiger partial charge on any atom is 0.223 e. The fraction of sp³-hybridized carbons (Fsp3) is 0.333. The zero-order valence-electron chi connectivity index (χ0n) is 15.3. The van der Waals surface area contributed by atoms with Crippen LogP contribution < -0.4 is 5.32 Å². The van der Waals surface area contributed by atoms with E-state index in [2.05, 4.69) is 25.2 Å². The second-order valence-electron chi connectivity index (χ2n) is 6.90. The quantitative estimate of drug-likeness (QED) is 0.843. The molecule has 0 fully saturated rings. The van der Waals surface area contributed by atoms with Crippen LogP contribution in [0.2, 0.25) is 0 Å². The van der Waals surface area contributed by atoms with E-state index in [0.29, 0.717) is 5.92 Å². The van der Waals surface area contributed by atoms with E-state index < -0.39 is 0 Å². The number of thiophene rings is 1. The van der Waals surface area contributed by atoms with Crippen molar-refractivity contribution in [1.82, 2.24) is 10.2 Å². The van der Waals surface area contributed by atoms with Gasteiger partial charge in [0.15, 0.2) is 0 Å². The third-order valence-corrected chi connectivity index (χ3v) is 5.64. The Kier molecular flexibility index (Phi) is 5.57. The summed E-state index contributed by atoms with van der Waals surface area (Å²) >= 11 is 1.65. The normalized spacial score (nSPS) is 17.1. The van der Waals surface area contributed by atoms with Gasteiger partial charge in [-0.2, -0.15) is 0 Å². The summed E-state index contributed by atoms with van der Waals surface area (Å²) in [4.78, 5) is 27.7. The fourth-order valence-corrected chi connectivity index (χ4v) is 4.30. The Morgan fingerprint density at radius 1 is 1.19 bits per heavy atom. The molecule has 2 atom stereocenters. The average Bonchev–Trinajstić information content (AvgIpc) is 3.13. The van der Waals surface area contributed by atoms with Crippen molar-refractivity contribution in [3.05, 3.63) is 64.0 Å². The summed E-state index contributed by atoms with van der Waals surface area (Å²) in [7, 11) is 0. The largest absolute Gasteiger partial charge is 0.348 e. The van der Waals surface area contributed by atoms with Gasteiger partial charge in [0.05, 0.1) is 18.5 Å². The highest BCUT2D eigenvalue weighted by molar-refractivity contribution is 7.10. The molecule has 1 aromatic heterocycles. The van der Waals surface area contributed by atoms with Gasteiger partial charge in [0.25, 0.3) is 0 Å². The SMILES string of the molecule is CC(=O)N1C=Cc2ccccc2[C@H]1CC(=O)N[C@@H](c1cccs1)C(C)C. The van der Waals surface area contributed by atoms with Gasteiger partial charge >= 0.3 is 0 Å². The Balaban J connectivity index is 1.80. The summed E-state index contributed by atoms with van der Waals surface area (Å²) in [6.07, 6.45) is 3.95. The number of hydrogen-bond acceptors (Lipinski definition) is 3. The van der Waals surface area contributed by atoms with Gasteiger partial charge in [-0.15, -0.1) is 11.3 Å². The van der Waals surface area contributed by atoms with Gasteiger partial charge in [-0.1, -0.05) is 44.2 Å². The Morgan fingerprint density at radius 3 is 2.62 bits per heavy atom. The number of benzene rings is 1. The van der Waals surface area contributed by atoms with E-state index in [1.54, 1.807) is 22.4 Å². The Morgan fingerprint density at radius 2 is 1.96 bits per heavy atom. The molecule has 0 aliphatic carbocycles. The minimum absolute atomic E-state index is 0.0114. The minimum Gasteiger partial charge on any atom is -0.348 e. The summed E-state index contributed by atoms with van der Waals surface area (Å²) in [5, 5.41) is 5.19. The molecule has 0 spiro atoms. The fourth-order valence-electron chi connectivity index (χ4n) is 3.36. The van der Waals surface area contributed by atoms with Crippen LogP contribution >= 0.6 is 11.3 Å². The first kappa shape index (κ1) is 18.4.